The van der Waals surface area contributed by atoms with Gasteiger partial charge < -0.3 is 20.6 Å². The molecule has 0 aliphatic rings. The zero-order valence-corrected chi connectivity index (χ0v) is 13.3. The Kier molecular flexibility index (Phi) is 9.16. The van der Waals surface area contributed by atoms with Crippen LogP contribution in [0.2, 0.25) is 0 Å². The highest BCUT2D eigenvalue weighted by molar-refractivity contribution is 5.78. The number of carboxylic acids is 1. The Balaban J connectivity index is 3.92. The van der Waals surface area contributed by atoms with E-state index in [0.717, 1.165) is 12.8 Å². The van der Waals surface area contributed by atoms with Gasteiger partial charge in [0.15, 0.2) is 0 Å². The Hall–Kier alpha value is -1.79. The number of nitrogens with zero attached hydrogens (tertiary/aromatic N) is 1. The predicted molar refractivity (Wildman–Crippen MR) is 80.0 cm³/mol. The number of nitrogens with one attached hydrogen (secondary N) is 2. The third-order valence-corrected chi connectivity index (χ3v) is 3.37. The van der Waals surface area contributed by atoms with Crippen LogP contribution in [0.3, 0.4) is 0 Å². The van der Waals surface area contributed by atoms with Gasteiger partial charge in [0.25, 0.3) is 0 Å². The van der Waals surface area contributed by atoms with Crippen LogP contribution in [0.15, 0.2) is 0 Å². The van der Waals surface area contributed by atoms with Crippen LogP contribution in [-0.2, 0) is 9.59 Å². The zero-order valence-electron chi connectivity index (χ0n) is 13.3. The van der Waals surface area contributed by atoms with Gasteiger partial charge in [0.1, 0.15) is 0 Å². The van der Waals surface area contributed by atoms with Crippen molar-refractivity contribution in [3.8, 4) is 0 Å². The van der Waals surface area contributed by atoms with Gasteiger partial charge in [-0.15, -0.1) is 0 Å². The summed E-state index contributed by atoms with van der Waals surface area (Å²) in [6.45, 7) is 3.92. The van der Waals surface area contributed by atoms with Crippen molar-refractivity contribution < 1.29 is 19.5 Å². The molecule has 122 valence electrons. The number of hydrogen-bond acceptors (Lipinski definition) is 3. The molecule has 0 aliphatic carbocycles. The van der Waals surface area contributed by atoms with Gasteiger partial charge in [-0.3, -0.25) is 9.59 Å². The first-order valence-corrected chi connectivity index (χ1v) is 7.23. The zero-order chi connectivity index (χ0) is 16.4. The first-order valence-electron chi connectivity index (χ1n) is 7.23. The van der Waals surface area contributed by atoms with Gasteiger partial charge in [-0.2, -0.15) is 0 Å². The minimum Gasteiger partial charge on any atom is -0.481 e. The molecule has 0 aromatic rings. The topological polar surface area (TPSA) is 98.7 Å². The van der Waals surface area contributed by atoms with Crippen molar-refractivity contribution in [3.05, 3.63) is 0 Å². The van der Waals surface area contributed by atoms with Crippen LogP contribution in [-0.4, -0.2) is 54.6 Å². The maximum Gasteiger partial charge on any atom is 0.317 e. The molecule has 0 spiro atoms. The van der Waals surface area contributed by atoms with E-state index in [0.29, 0.717) is 13.0 Å². The van der Waals surface area contributed by atoms with Crippen LogP contribution in [0.1, 0.15) is 39.5 Å². The smallest absolute Gasteiger partial charge is 0.317 e. The third-order valence-electron chi connectivity index (χ3n) is 3.37. The van der Waals surface area contributed by atoms with E-state index in [2.05, 4.69) is 10.6 Å². The summed E-state index contributed by atoms with van der Waals surface area (Å²) in [5, 5.41) is 14.1. The number of amides is 3. The minimum atomic E-state index is -0.791. The fourth-order valence-corrected chi connectivity index (χ4v) is 1.74. The minimum absolute atomic E-state index is 0.0269. The molecule has 0 saturated carbocycles. The number of hydrogen-bond donors (Lipinski definition) is 3. The summed E-state index contributed by atoms with van der Waals surface area (Å²) in [4.78, 5) is 35.1. The highest BCUT2D eigenvalue weighted by Crippen LogP contribution is 2.09. The third kappa shape index (κ3) is 8.88. The average Bonchev–Trinajstić information content (AvgIpc) is 2.43. The van der Waals surface area contributed by atoms with Gasteiger partial charge in [-0.1, -0.05) is 13.3 Å². The molecule has 21 heavy (non-hydrogen) atoms. The number of carbonyl (C=O) groups excluding carboxylic acids is 2. The molecule has 0 radical (unpaired) electrons. The van der Waals surface area contributed by atoms with Crippen LogP contribution in [0.4, 0.5) is 4.79 Å². The predicted octanol–water partition coefficient (Wildman–Crippen LogP) is 1.04. The largest absolute Gasteiger partial charge is 0.481 e. The summed E-state index contributed by atoms with van der Waals surface area (Å²) in [5.74, 6) is -1.26. The highest BCUT2D eigenvalue weighted by Gasteiger charge is 2.14. The molecule has 0 heterocycles. The van der Waals surface area contributed by atoms with Crippen LogP contribution in [0, 0.1) is 5.92 Å². The second-order valence-corrected chi connectivity index (χ2v) is 5.37. The van der Waals surface area contributed by atoms with E-state index < -0.39 is 5.97 Å². The first-order chi connectivity index (χ1) is 9.77. The molecule has 7 nitrogen and oxygen atoms in total. The molecule has 7 heteroatoms. The van der Waals surface area contributed by atoms with Gasteiger partial charge in [0, 0.05) is 33.1 Å². The van der Waals surface area contributed by atoms with Crippen molar-refractivity contribution in [1.29, 1.82) is 0 Å². The van der Waals surface area contributed by atoms with E-state index in [1.807, 2.05) is 6.92 Å². The van der Waals surface area contributed by atoms with E-state index >= 15 is 0 Å². The lowest BCUT2D eigenvalue weighted by Gasteiger charge is -2.21. The van der Waals surface area contributed by atoms with E-state index in [1.165, 1.54) is 4.90 Å². The molecule has 0 aromatic heterocycles. The molecule has 0 rings (SSSR count). The molecular weight excluding hydrogens is 274 g/mol. The Morgan fingerprint density at radius 2 is 1.81 bits per heavy atom. The van der Waals surface area contributed by atoms with Gasteiger partial charge in [-0.05, 0) is 19.8 Å². The number of urea groups is 1. The fourth-order valence-electron chi connectivity index (χ4n) is 1.74. The van der Waals surface area contributed by atoms with Crippen molar-refractivity contribution >= 4 is 17.9 Å². The van der Waals surface area contributed by atoms with Crippen molar-refractivity contribution in [3.63, 3.8) is 0 Å². The van der Waals surface area contributed by atoms with Crippen LogP contribution < -0.4 is 10.6 Å². The molecule has 0 saturated heterocycles. The number of carbonyl (C=O) groups is 3. The van der Waals surface area contributed by atoms with Crippen molar-refractivity contribution in [2.75, 3.05) is 20.6 Å². The Morgan fingerprint density at radius 3 is 2.33 bits per heavy atom. The van der Waals surface area contributed by atoms with Gasteiger partial charge in [0.2, 0.25) is 5.91 Å². The first kappa shape index (κ1) is 19.2. The molecular formula is C14H27N3O4. The van der Waals surface area contributed by atoms with Crippen molar-refractivity contribution in [2.45, 2.75) is 45.6 Å². The Bertz CT molecular complexity index is 360. The summed E-state index contributed by atoms with van der Waals surface area (Å²) in [6, 6.07) is -0.251. The molecule has 2 unspecified atom stereocenters. The Labute approximate surface area is 126 Å². The molecule has 0 bridgehead atoms. The molecule has 2 atom stereocenters. The quantitative estimate of drug-likeness (QED) is 0.592. The Morgan fingerprint density at radius 1 is 1.19 bits per heavy atom. The molecule has 3 N–H and O–H groups in total. The maximum atomic E-state index is 11.8. The van der Waals surface area contributed by atoms with Crippen LogP contribution in [0.25, 0.3) is 0 Å². The molecule has 0 aromatic carbocycles. The van der Waals surface area contributed by atoms with Crippen molar-refractivity contribution in [2.24, 2.45) is 5.92 Å². The summed E-state index contributed by atoms with van der Waals surface area (Å²) in [5.41, 5.74) is 0. The van der Waals surface area contributed by atoms with Crippen LogP contribution in [0.5, 0.6) is 0 Å². The number of carboxylic acid groups (broad SMARTS) is 1. The van der Waals surface area contributed by atoms with Crippen molar-refractivity contribution in [1.82, 2.24) is 15.5 Å². The lowest BCUT2D eigenvalue weighted by molar-refractivity contribution is -0.141. The lowest BCUT2D eigenvalue weighted by Crippen LogP contribution is -2.43. The number of aliphatic carboxylic acids is 1. The van der Waals surface area contributed by atoms with E-state index in [-0.39, 0.29) is 30.3 Å². The SMILES string of the molecule is CNC(=O)CCN(C)C(=O)NC(C)CCCC(C)C(=O)O. The van der Waals surface area contributed by atoms with Gasteiger partial charge >= 0.3 is 12.0 Å². The standard InChI is InChI=1S/C14H27N3O4/c1-10(13(19)20)6-5-7-11(2)16-14(21)17(4)9-8-12(18)15-3/h10-11H,5-9H2,1-4H3,(H,15,18)(H,16,21)(H,19,20). The second-order valence-electron chi connectivity index (χ2n) is 5.37. The molecule has 3 amide bonds. The summed E-state index contributed by atoms with van der Waals surface area (Å²) in [7, 11) is 3.19. The molecule has 0 fully saturated rings. The summed E-state index contributed by atoms with van der Waals surface area (Å²) in [6.07, 6.45) is 2.34. The summed E-state index contributed by atoms with van der Waals surface area (Å²) >= 11 is 0. The molecule has 0 aliphatic heterocycles. The van der Waals surface area contributed by atoms with E-state index in [9.17, 15) is 14.4 Å². The average molecular weight is 301 g/mol. The van der Waals surface area contributed by atoms with Crippen LogP contribution >= 0.6 is 0 Å². The highest BCUT2D eigenvalue weighted by atomic mass is 16.4. The van der Waals surface area contributed by atoms with E-state index in [4.69, 9.17) is 5.11 Å². The number of rotatable bonds is 9. The second kappa shape index (κ2) is 10.0. The summed E-state index contributed by atoms with van der Waals surface area (Å²) < 4.78 is 0. The fraction of sp³-hybridized carbons (Fsp3) is 0.786. The maximum absolute atomic E-state index is 11.8. The lowest BCUT2D eigenvalue weighted by atomic mass is 10.0. The van der Waals surface area contributed by atoms with Gasteiger partial charge in [0.05, 0.1) is 5.92 Å². The van der Waals surface area contributed by atoms with E-state index in [1.54, 1.807) is 21.0 Å². The monoisotopic (exact) mass is 301 g/mol. The van der Waals surface area contributed by atoms with Gasteiger partial charge in [-0.25, -0.2) is 4.79 Å². The normalized spacial score (nSPS) is 13.1.